The van der Waals surface area contributed by atoms with Crippen molar-refractivity contribution in [3.05, 3.63) is 76.5 Å². The van der Waals surface area contributed by atoms with Crippen LogP contribution in [0.15, 0.2) is 65.4 Å². The van der Waals surface area contributed by atoms with Crippen LogP contribution in [0, 0.1) is 6.92 Å². The molecule has 28 heavy (non-hydrogen) atoms. The summed E-state index contributed by atoms with van der Waals surface area (Å²) in [6.45, 7) is 3.82. The van der Waals surface area contributed by atoms with Crippen LogP contribution in [0.25, 0.3) is 0 Å². The first-order valence-electron chi connectivity index (χ1n) is 9.42. The number of pyridine rings is 2. The normalized spacial score (nSPS) is 19.2. The first-order chi connectivity index (χ1) is 13.5. The van der Waals surface area contributed by atoms with Crippen LogP contribution >= 0.6 is 0 Å². The fraction of sp³-hybridized carbons (Fsp3) is 0.273. The zero-order valence-corrected chi connectivity index (χ0v) is 16.0. The molecule has 1 amide bonds. The molecule has 1 aliphatic heterocycles. The minimum atomic E-state index is -0.428. The van der Waals surface area contributed by atoms with Crippen molar-refractivity contribution in [3.8, 4) is 0 Å². The van der Waals surface area contributed by atoms with Crippen molar-refractivity contribution < 1.29 is 9.59 Å². The van der Waals surface area contributed by atoms with E-state index in [-0.39, 0.29) is 11.7 Å². The Bertz CT molecular complexity index is 1010. The third-order valence-electron chi connectivity index (χ3n) is 5.20. The molecular formula is C22H22N4O2. The number of hydrogen-bond donors (Lipinski definition) is 2. The van der Waals surface area contributed by atoms with Gasteiger partial charge in [0.15, 0.2) is 5.78 Å². The van der Waals surface area contributed by atoms with E-state index < -0.39 is 5.92 Å². The molecular weight excluding hydrogens is 352 g/mol. The first-order valence-corrected chi connectivity index (χ1v) is 9.42. The minimum Gasteiger partial charge on any atom is -0.362 e. The maximum absolute atomic E-state index is 13.3. The Morgan fingerprint density at radius 3 is 2.82 bits per heavy atom. The molecule has 0 aromatic carbocycles. The number of Topliss-reactive ketones (excluding diaryl/α,β-unsaturated/α-hetero) is 1. The molecule has 1 atom stereocenters. The number of dihydropyridines is 1. The second-order valence-corrected chi connectivity index (χ2v) is 7.22. The Morgan fingerprint density at radius 1 is 1.21 bits per heavy atom. The Labute approximate surface area is 163 Å². The van der Waals surface area contributed by atoms with E-state index in [2.05, 4.69) is 20.6 Å². The zero-order chi connectivity index (χ0) is 19.7. The average molecular weight is 374 g/mol. The lowest BCUT2D eigenvalue weighted by molar-refractivity contribution is -0.116. The Kier molecular flexibility index (Phi) is 4.77. The predicted octanol–water partition coefficient (Wildman–Crippen LogP) is 3.39. The highest BCUT2D eigenvalue weighted by atomic mass is 16.2. The molecule has 3 heterocycles. The van der Waals surface area contributed by atoms with E-state index in [1.165, 1.54) is 0 Å². The maximum Gasteiger partial charge on any atom is 0.255 e. The molecule has 2 N–H and O–H groups in total. The molecule has 6 nitrogen and oxygen atoms in total. The van der Waals surface area contributed by atoms with Gasteiger partial charge in [0.1, 0.15) is 5.82 Å². The summed E-state index contributed by atoms with van der Waals surface area (Å²) in [5.74, 6) is -0.108. The van der Waals surface area contributed by atoms with Gasteiger partial charge in [0, 0.05) is 53.5 Å². The Morgan fingerprint density at radius 2 is 2.07 bits per heavy atom. The third kappa shape index (κ3) is 3.33. The molecule has 0 bridgehead atoms. The van der Waals surface area contributed by atoms with Crippen molar-refractivity contribution in [1.29, 1.82) is 0 Å². The number of anilines is 1. The summed E-state index contributed by atoms with van der Waals surface area (Å²) in [4.78, 5) is 34.5. The monoisotopic (exact) mass is 374 g/mol. The molecule has 2 aromatic rings. The number of carbonyl (C=O) groups excluding carboxylic acids is 2. The van der Waals surface area contributed by atoms with E-state index in [9.17, 15) is 9.59 Å². The molecule has 0 saturated heterocycles. The van der Waals surface area contributed by atoms with Crippen molar-refractivity contribution in [1.82, 2.24) is 15.3 Å². The van der Waals surface area contributed by atoms with E-state index in [1.54, 1.807) is 18.6 Å². The lowest BCUT2D eigenvalue weighted by Gasteiger charge is -2.34. The fourth-order valence-electron chi connectivity index (χ4n) is 3.95. The second kappa shape index (κ2) is 7.38. The van der Waals surface area contributed by atoms with E-state index >= 15 is 0 Å². The van der Waals surface area contributed by atoms with Crippen LogP contribution in [0.2, 0.25) is 0 Å². The summed E-state index contributed by atoms with van der Waals surface area (Å²) >= 11 is 0. The van der Waals surface area contributed by atoms with Crippen LogP contribution in [0.5, 0.6) is 0 Å². The van der Waals surface area contributed by atoms with Crippen LogP contribution in [-0.2, 0) is 9.59 Å². The van der Waals surface area contributed by atoms with Crippen molar-refractivity contribution in [2.24, 2.45) is 0 Å². The lowest BCUT2D eigenvalue weighted by Crippen LogP contribution is -2.35. The van der Waals surface area contributed by atoms with Crippen LogP contribution in [-0.4, -0.2) is 21.7 Å². The molecule has 0 saturated carbocycles. The van der Waals surface area contributed by atoms with Crippen molar-refractivity contribution in [2.45, 2.75) is 39.0 Å². The number of aromatic nitrogens is 2. The highest BCUT2D eigenvalue weighted by molar-refractivity contribution is 6.09. The molecule has 0 radical (unpaired) electrons. The molecule has 0 unspecified atom stereocenters. The molecule has 6 heteroatoms. The standard InChI is InChI=1S/C22H22N4O2/c1-13-8-10-24-18(11-13)26-22(28)19-14(2)25-16-6-3-7-17(27)21(16)20(19)15-5-4-9-23-12-15/h4-5,8-12,20,25H,3,6-7H2,1-2H3,(H,24,26,28)/t20-/m1/s1. The highest BCUT2D eigenvalue weighted by Gasteiger charge is 2.38. The SMILES string of the molecule is CC1=C(C(=O)Nc2cc(C)ccn2)[C@@H](c2cccnc2)C2=C(CCCC2=O)N1. The van der Waals surface area contributed by atoms with Crippen LogP contribution < -0.4 is 10.6 Å². The van der Waals surface area contributed by atoms with Gasteiger partial charge in [-0.3, -0.25) is 14.6 Å². The van der Waals surface area contributed by atoms with Crippen LogP contribution in [0.3, 0.4) is 0 Å². The molecule has 2 aromatic heterocycles. The van der Waals surface area contributed by atoms with Crippen LogP contribution in [0.4, 0.5) is 5.82 Å². The molecule has 0 fully saturated rings. The van der Waals surface area contributed by atoms with Crippen molar-refractivity contribution in [2.75, 3.05) is 5.32 Å². The topological polar surface area (TPSA) is 84.0 Å². The van der Waals surface area contributed by atoms with Gasteiger partial charge < -0.3 is 10.6 Å². The molecule has 4 rings (SSSR count). The number of rotatable bonds is 3. The molecule has 142 valence electrons. The smallest absolute Gasteiger partial charge is 0.255 e. The number of amides is 1. The third-order valence-corrected chi connectivity index (χ3v) is 5.20. The Balaban J connectivity index is 1.77. The van der Waals surface area contributed by atoms with Gasteiger partial charge in [-0.05, 0) is 56.0 Å². The summed E-state index contributed by atoms with van der Waals surface area (Å²) in [5, 5.41) is 6.20. The summed E-state index contributed by atoms with van der Waals surface area (Å²) in [7, 11) is 0. The summed E-state index contributed by atoms with van der Waals surface area (Å²) in [6, 6.07) is 7.44. The number of nitrogens with zero attached hydrogens (tertiary/aromatic N) is 2. The van der Waals surface area contributed by atoms with E-state index in [0.29, 0.717) is 23.4 Å². The van der Waals surface area contributed by atoms with E-state index in [4.69, 9.17) is 0 Å². The van der Waals surface area contributed by atoms with Gasteiger partial charge in [0.2, 0.25) is 0 Å². The summed E-state index contributed by atoms with van der Waals surface area (Å²) < 4.78 is 0. The van der Waals surface area contributed by atoms with Crippen molar-refractivity contribution >= 4 is 17.5 Å². The molecule has 2 aliphatic rings. The number of carbonyl (C=O) groups is 2. The van der Waals surface area contributed by atoms with Gasteiger partial charge in [-0.25, -0.2) is 4.98 Å². The second-order valence-electron chi connectivity index (χ2n) is 7.22. The quantitative estimate of drug-likeness (QED) is 0.860. The highest BCUT2D eigenvalue weighted by Crippen LogP contribution is 2.42. The van der Waals surface area contributed by atoms with Gasteiger partial charge in [0.25, 0.3) is 5.91 Å². The number of aryl methyl sites for hydroxylation is 1. The van der Waals surface area contributed by atoms with Gasteiger partial charge in [-0.2, -0.15) is 0 Å². The number of allylic oxidation sites excluding steroid dienone is 3. The lowest BCUT2D eigenvalue weighted by atomic mass is 9.75. The molecule has 0 spiro atoms. The van der Waals surface area contributed by atoms with Crippen molar-refractivity contribution in [3.63, 3.8) is 0 Å². The zero-order valence-electron chi connectivity index (χ0n) is 16.0. The largest absolute Gasteiger partial charge is 0.362 e. The average Bonchev–Trinajstić information content (AvgIpc) is 2.67. The fourth-order valence-corrected chi connectivity index (χ4v) is 3.95. The summed E-state index contributed by atoms with van der Waals surface area (Å²) in [5.41, 5.74) is 4.75. The molecule has 1 aliphatic carbocycles. The Hall–Kier alpha value is -3.28. The predicted molar refractivity (Wildman–Crippen MR) is 106 cm³/mol. The number of nitrogens with one attached hydrogen (secondary N) is 2. The van der Waals surface area contributed by atoms with Gasteiger partial charge >= 0.3 is 0 Å². The van der Waals surface area contributed by atoms with E-state index in [1.807, 2.05) is 38.1 Å². The minimum absolute atomic E-state index is 0.0917. The number of hydrogen-bond acceptors (Lipinski definition) is 5. The summed E-state index contributed by atoms with van der Waals surface area (Å²) in [6.07, 6.45) is 7.22. The van der Waals surface area contributed by atoms with Crippen LogP contribution in [0.1, 0.15) is 43.2 Å². The van der Waals surface area contributed by atoms with Gasteiger partial charge in [0.05, 0.1) is 0 Å². The first kappa shape index (κ1) is 18.1. The maximum atomic E-state index is 13.3. The number of ketones is 1. The van der Waals surface area contributed by atoms with Gasteiger partial charge in [-0.1, -0.05) is 6.07 Å². The van der Waals surface area contributed by atoms with E-state index in [0.717, 1.165) is 35.4 Å². The van der Waals surface area contributed by atoms with Gasteiger partial charge in [-0.15, -0.1) is 0 Å².